The molecule has 0 aliphatic rings. The van der Waals surface area contributed by atoms with Gasteiger partial charge in [0, 0.05) is 32.2 Å². The average Bonchev–Trinajstić information content (AvgIpc) is 2.68. The van der Waals surface area contributed by atoms with Crippen LogP contribution in [0.15, 0.2) is 47.5 Å². The van der Waals surface area contributed by atoms with Crippen molar-refractivity contribution in [2.75, 3.05) is 20.1 Å². The van der Waals surface area contributed by atoms with Crippen LogP contribution >= 0.6 is 24.0 Å². The number of hydrogen-bond donors (Lipinski definition) is 3. The fourth-order valence-corrected chi connectivity index (χ4v) is 2.67. The van der Waals surface area contributed by atoms with Gasteiger partial charge in [-0.05, 0) is 44.5 Å². The minimum atomic E-state index is -0.534. The van der Waals surface area contributed by atoms with Gasteiger partial charge in [0.05, 0.1) is 11.7 Å². The summed E-state index contributed by atoms with van der Waals surface area (Å²) in [5.41, 5.74) is 2.20. The highest BCUT2D eigenvalue weighted by Gasteiger charge is 2.10. The smallest absolute Gasteiger partial charge is 0.254 e. The van der Waals surface area contributed by atoms with E-state index in [-0.39, 0.29) is 35.6 Å². The van der Waals surface area contributed by atoms with E-state index in [0.29, 0.717) is 25.6 Å². The van der Waals surface area contributed by atoms with Crippen LogP contribution in [0.4, 0.5) is 4.39 Å². The summed E-state index contributed by atoms with van der Waals surface area (Å²) in [6, 6.07) is 12.0. The first-order valence-electron chi connectivity index (χ1n) is 9.64. The van der Waals surface area contributed by atoms with E-state index in [4.69, 9.17) is 4.74 Å². The van der Waals surface area contributed by atoms with Gasteiger partial charge >= 0.3 is 0 Å². The average molecular weight is 528 g/mol. The Kier molecular flexibility index (Phi) is 11.2. The van der Waals surface area contributed by atoms with Crippen molar-refractivity contribution in [2.24, 2.45) is 4.99 Å². The largest absolute Gasteiger partial charge is 0.491 e. The maximum atomic E-state index is 13.6. The number of amides is 1. The van der Waals surface area contributed by atoms with E-state index in [1.165, 1.54) is 12.1 Å². The molecule has 0 spiro atoms. The second-order valence-corrected chi connectivity index (χ2v) is 6.87. The zero-order chi connectivity index (χ0) is 21.2. The van der Waals surface area contributed by atoms with Gasteiger partial charge in [-0.1, -0.05) is 24.3 Å². The van der Waals surface area contributed by atoms with Crippen LogP contribution in [-0.2, 0) is 6.54 Å². The Morgan fingerprint density at radius 3 is 2.47 bits per heavy atom. The van der Waals surface area contributed by atoms with Crippen LogP contribution in [0.1, 0.15) is 35.3 Å². The fraction of sp³-hybridized carbons (Fsp3) is 0.364. The molecule has 0 saturated carbocycles. The topological polar surface area (TPSA) is 74.8 Å². The predicted molar refractivity (Wildman–Crippen MR) is 129 cm³/mol. The van der Waals surface area contributed by atoms with Gasteiger partial charge in [-0.3, -0.25) is 9.79 Å². The molecule has 1 amide bonds. The van der Waals surface area contributed by atoms with Crippen molar-refractivity contribution < 1.29 is 13.9 Å². The standard InChI is InChI=1S/C22H29FN4O2.HI/c1-15(2)29-20-13-16(3)9-10-17(20)14-27-22(24-4)26-12-11-25-21(28)18-7-5-6-8-19(18)23;/h5-10,13,15H,11-12,14H2,1-4H3,(H,25,28)(H2,24,26,27);1H. The zero-order valence-electron chi connectivity index (χ0n) is 17.8. The van der Waals surface area contributed by atoms with Gasteiger partial charge in [-0.15, -0.1) is 24.0 Å². The van der Waals surface area contributed by atoms with Crippen LogP contribution in [0.25, 0.3) is 0 Å². The molecule has 0 unspecified atom stereocenters. The molecule has 2 rings (SSSR count). The van der Waals surface area contributed by atoms with Gasteiger partial charge < -0.3 is 20.7 Å². The molecule has 0 heterocycles. The van der Waals surface area contributed by atoms with Crippen molar-refractivity contribution in [3.05, 3.63) is 65.0 Å². The molecule has 0 atom stereocenters. The number of aliphatic imine (C=N–C) groups is 1. The Morgan fingerprint density at radius 2 is 1.80 bits per heavy atom. The third kappa shape index (κ3) is 8.17. The lowest BCUT2D eigenvalue weighted by Crippen LogP contribution is -2.41. The summed E-state index contributed by atoms with van der Waals surface area (Å²) in [5, 5.41) is 9.04. The lowest BCUT2D eigenvalue weighted by Gasteiger charge is -2.17. The Labute approximate surface area is 194 Å². The highest BCUT2D eigenvalue weighted by atomic mass is 127. The molecule has 8 heteroatoms. The number of guanidine groups is 1. The number of ether oxygens (including phenoxy) is 1. The lowest BCUT2D eigenvalue weighted by atomic mass is 10.1. The van der Waals surface area contributed by atoms with Gasteiger partial charge in [0.2, 0.25) is 0 Å². The molecule has 30 heavy (non-hydrogen) atoms. The number of halogens is 2. The Balaban J connectivity index is 0.00000450. The third-order valence-corrected chi connectivity index (χ3v) is 4.08. The summed E-state index contributed by atoms with van der Waals surface area (Å²) in [6.45, 7) is 7.35. The van der Waals surface area contributed by atoms with E-state index in [2.05, 4.69) is 20.9 Å². The molecule has 6 nitrogen and oxygen atoms in total. The van der Waals surface area contributed by atoms with Crippen LogP contribution in [0.3, 0.4) is 0 Å². The first-order valence-corrected chi connectivity index (χ1v) is 9.64. The number of carbonyl (C=O) groups excluding carboxylic acids is 1. The Morgan fingerprint density at radius 1 is 1.10 bits per heavy atom. The van der Waals surface area contributed by atoms with Crippen molar-refractivity contribution in [3.63, 3.8) is 0 Å². The molecule has 0 radical (unpaired) electrons. The molecule has 0 aromatic heterocycles. The second kappa shape index (κ2) is 13.0. The lowest BCUT2D eigenvalue weighted by molar-refractivity contribution is 0.0950. The molecule has 3 N–H and O–H groups in total. The summed E-state index contributed by atoms with van der Waals surface area (Å²) < 4.78 is 19.5. The van der Waals surface area contributed by atoms with E-state index in [1.54, 1.807) is 19.2 Å². The normalized spacial score (nSPS) is 10.9. The van der Waals surface area contributed by atoms with E-state index in [1.807, 2.05) is 39.0 Å². The SMILES string of the molecule is CN=C(NCCNC(=O)c1ccccc1F)NCc1ccc(C)cc1OC(C)C.I. The minimum absolute atomic E-state index is 0. The summed E-state index contributed by atoms with van der Waals surface area (Å²) in [6.07, 6.45) is 0.0889. The number of aryl methyl sites for hydroxylation is 1. The molecule has 0 aliphatic carbocycles. The van der Waals surface area contributed by atoms with Crippen LogP contribution in [0.2, 0.25) is 0 Å². The molecule has 2 aromatic rings. The number of hydrogen-bond acceptors (Lipinski definition) is 3. The molecule has 0 bridgehead atoms. The fourth-order valence-electron chi connectivity index (χ4n) is 2.67. The van der Waals surface area contributed by atoms with Crippen LogP contribution in [0, 0.1) is 12.7 Å². The number of carbonyl (C=O) groups is 1. The van der Waals surface area contributed by atoms with Crippen molar-refractivity contribution in [1.29, 1.82) is 0 Å². The van der Waals surface area contributed by atoms with Gasteiger partial charge in [0.25, 0.3) is 5.91 Å². The summed E-state index contributed by atoms with van der Waals surface area (Å²) in [7, 11) is 1.67. The summed E-state index contributed by atoms with van der Waals surface area (Å²) in [5.74, 6) is 0.470. The monoisotopic (exact) mass is 528 g/mol. The van der Waals surface area contributed by atoms with E-state index in [0.717, 1.165) is 16.9 Å². The minimum Gasteiger partial charge on any atom is -0.491 e. The van der Waals surface area contributed by atoms with Crippen molar-refractivity contribution in [3.8, 4) is 5.75 Å². The maximum Gasteiger partial charge on any atom is 0.254 e. The zero-order valence-corrected chi connectivity index (χ0v) is 20.1. The van der Waals surface area contributed by atoms with Gasteiger partial charge in [0.15, 0.2) is 5.96 Å². The number of nitrogens with one attached hydrogen (secondary N) is 3. The number of rotatable bonds is 8. The summed E-state index contributed by atoms with van der Waals surface area (Å²) >= 11 is 0. The van der Waals surface area contributed by atoms with Crippen LogP contribution in [-0.4, -0.2) is 38.1 Å². The number of nitrogens with zero attached hydrogens (tertiary/aromatic N) is 1. The molecular formula is C22H30FIN4O2. The van der Waals surface area contributed by atoms with Crippen molar-refractivity contribution in [1.82, 2.24) is 16.0 Å². The molecule has 2 aromatic carbocycles. The highest BCUT2D eigenvalue weighted by Crippen LogP contribution is 2.21. The Bertz CT molecular complexity index is 859. The second-order valence-electron chi connectivity index (χ2n) is 6.87. The third-order valence-electron chi connectivity index (χ3n) is 4.08. The van der Waals surface area contributed by atoms with Crippen LogP contribution < -0.4 is 20.7 Å². The first kappa shape index (κ1) is 25.7. The molecule has 0 saturated heterocycles. The van der Waals surface area contributed by atoms with E-state index >= 15 is 0 Å². The molecule has 0 aliphatic heterocycles. The van der Waals surface area contributed by atoms with Crippen molar-refractivity contribution in [2.45, 2.75) is 33.4 Å². The van der Waals surface area contributed by atoms with Gasteiger partial charge in [0.1, 0.15) is 11.6 Å². The molecule has 164 valence electrons. The predicted octanol–water partition coefficient (Wildman–Crippen LogP) is 3.63. The van der Waals surface area contributed by atoms with E-state index < -0.39 is 11.7 Å². The van der Waals surface area contributed by atoms with Crippen molar-refractivity contribution >= 4 is 35.8 Å². The quantitative estimate of drug-likeness (QED) is 0.212. The highest BCUT2D eigenvalue weighted by molar-refractivity contribution is 14.0. The van der Waals surface area contributed by atoms with Gasteiger partial charge in [-0.25, -0.2) is 4.39 Å². The van der Waals surface area contributed by atoms with Gasteiger partial charge in [-0.2, -0.15) is 0 Å². The first-order chi connectivity index (χ1) is 13.9. The molecular weight excluding hydrogens is 498 g/mol. The van der Waals surface area contributed by atoms with Crippen LogP contribution in [0.5, 0.6) is 5.75 Å². The summed E-state index contributed by atoms with van der Waals surface area (Å²) in [4.78, 5) is 16.2. The number of benzene rings is 2. The Hall–Kier alpha value is -2.36. The molecule has 0 fully saturated rings. The maximum absolute atomic E-state index is 13.6. The van der Waals surface area contributed by atoms with E-state index in [9.17, 15) is 9.18 Å².